The van der Waals surface area contributed by atoms with E-state index >= 15 is 0 Å². The largest absolute Gasteiger partial charge is 0.497 e. The van der Waals surface area contributed by atoms with Gasteiger partial charge in [0.25, 0.3) is 0 Å². The van der Waals surface area contributed by atoms with E-state index in [1.807, 2.05) is 4.90 Å². The average molecular weight is 299 g/mol. The van der Waals surface area contributed by atoms with Crippen molar-refractivity contribution in [3.8, 4) is 5.75 Å². The minimum atomic E-state index is -0.768. The average Bonchev–Trinajstić information content (AvgIpc) is 2.42. The fourth-order valence-electron chi connectivity index (χ4n) is 2.85. The van der Waals surface area contributed by atoms with Crippen LogP contribution >= 0.6 is 0 Å². The fraction of sp³-hybridized carbons (Fsp3) is 0.625. The Kier molecular flexibility index (Phi) is 4.84. The summed E-state index contributed by atoms with van der Waals surface area (Å²) in [5.74, 6) is -0.869. The third-order valence-corrected chi connectivity index (χ3v) is 4.24. The van der Waals surface area contributed by atoms with Crippen LogP contribution in [0.15, 0.2) is 12.1 Å². The minimum absolute atomic E-state index is 0.0622. The third-order valence-electron chi connectivity index (χ3n) is 4.24. The molecule has 1 aliphatic heterocycles. The zero-order valence-electron chi connectivity index (χ0n) is 12.8. The Bertz CT molecular complexity index is 477. The Morgan fingerprint density at radius 1 is 1.33 bits per heavy atom. The molecular formula is C16H23F2NO2. The van der Waals surface area contributed by atoms with Crippen LogP contribution in [0.25, 0.3) is 0 Å². The summed E-state index contributed by atoms with van der Waals surface area (Å²) in [6, 6.07) is 2.41. The van der Waals surface area contributed by atoms with Gasteiger partial charge in [-0.2, -0.15) is 0 Å². The summed E-state index contributed by atoms with van der Waals surface area (Å²) in [7, 11) is 1.38. The van der Waals surface area contributed by atoms with E-state index in [1.54, 1.807) is 13.8 Å². The molecule has 5 heteroatoms. The highest BCUT2D eigenvalue weighted by molar-refractivity contribution is 5.30. The van der Waals surface area contributed by atoms with Crippen LogP contribution in [-0.2, 0) is 6.54 Å². The number of likely N-dealkylation sites (tertiary alicyclic amines) is 1. The van der Waals surface area contributed by atoms with E-state index in [0.717, 1.165) is 19.4 Å². The van der Waals surface area contributed by atoms with E-state index < -0.39 is 17.2 Å². The number of halogens is 2. The molecule has 0 spiro atoms. The molecule has 0 saturated carbocycles. The Hall–Kier alpha value is -1.20. The normalized spacial score (nSPS) is 20.6. The molecule has 0 amide bonds. The van der Waals surface area contributed by atoms with Crippen LogP contribution in [0.5, 0.6) is 5.75 Å². The first kappa shape index (κ1) is 16.2. The molecule has 118 valence electrons. The molecule has 1 saturated heterocycles. The van der Waals surface area contributed by atoms with Gasteiger partial charge >= 0.3 is 0 Å². The lowest BCUT2D eigenvalue weighted by Gasteiger charge is -2.38. The van der Waals surface area contributed by atoms with Crippen LogP contribution in [0.4, 0.5) is 8.78 Å². The lowest BCUT2D eigenvalue weighted by Crippen LogP contribution is -2.44. The molecule has 1 atom stereocenters. The van der Waals surface area contributed by atoms with Gasteiger partial charge in [0.2, 0.25) is 0 Å². The molecule has 0 bridgehead atoms. The van der Waals surface area contributed by atoms with Crippen LogP contribution in [0, 0.1) is 17.6 Å². The quantitative estimate of drug-likeness (QED) is 0.928. The zero-order valence-corrected chi connectivity index (χ0v) is 12.8. The maximum atomic E-state index is 14.0. The second-order valence-corrected chi connectivity index (χ2v) is 6.30. The van der Waals surface area contributed by atoms with E-state index in [4.69, 9.17) is 4.74 Å². The minimum Gasteiger partial charge on any atom is -0.497 e. The summed E-state index contributed by atoms with van der Waals surface area (Å²) in [5, 5.41) is 10.1. The van der Waals surface area contributed by atoms with Crippen molar-refractivity contribution in [3.63, 3.8) is 0 Å². The van der Waals surface area contributed by atoms with Gasteiger partial charge in [-0.05, 0) is 39.2 Å². The molecule has 1 aromatic rings. The molecule has 1 aromatic carbocycles. The predicted octanol–water partition coefficient (Wildman–Crippen LogP) is 2.96. The van der Waals surface area contributed by atoms with Crippen molar-refractivity contribution in [2.24, 2.45) is 5.92 Å². The molecule has 2 rings (SSSR count). The number of ether oxygens (including phenoxy) is 1. The monoisotopic (exact) mass is 299 g/mol. The molecule has 0 unspecified atom stereocenters. The lowest BCUT2D eigenvalue weighted by atomic mass is 9.84. The number of rotatable bonds is 4. The van der Waals surface area contributed by atoms with Crippen LogP contribution in [0.1, 0.15) is 32.3 Å². The van der Waals surface area contributed by atoms with Gasteiger partial charge in [-0.3, -0.25) is 4.90 Å². The summed E-state index contributed by atoms with van der Waals surface area (Å²) in [6.45, 7) is 5.23. The molecule has 1 heterocycles. The van der Waals surface area contributed by atoms with Crippen molar-refractivity contribution < 1.29 is 18.6 Å². The molecular weight excluding hydrogens is 276 g/mol. The van der Waals surface area contributed by atoms with Gasteiger partial charge in [0.15, 0.2) is 0 Å². The topological polar surface area (TPSA) is 32.7 Å². The van der Waals surface area contributed by atoms with Crippen LogP contribution < -0.4 is 4.74 Å². The van der Waals surface area contributed by atoms with Gasteiger partial charge in [0, 0.05) is 30.8 Å². The first-order valence-electron chi connectivity index (χ1n) is 7.28. The van der Waals surface area contributed by atoms with E-state index in [0.29, 0.717) is 6.54 Å². The number of benzene rings is 1. The molecule has 0 radical (unpaired) electrons. The number of hydrogen-bond acceptors (Lipinski definition) is 3. The number of piperidine rings is 1. The number of nitrogens with zero attached hydrogens (tertiary/aromatic N) is 1. The molecule has 1 aliphatic rings. The molecule has 21 heavy (non-hydrogen) atoms. The van der Waals surface area contributed by atoms with Crippen molar-refractivity contribution in [2.75, 3.05) is 20.2 Å². The van der Waals surface area contributed by atoms with Gasteiger partial charge in [0.05, 0.1) is 12.7 Å². The first-order chi connectivity index (χ1) is 9.81. The fourth-order valence-corrected chi connectivity index (χ4v) is 2.85. The van der Waals surface area contributed by atoms with E-state index in [-0.39, 0.29) is 23.8 Å². The zero-order chi connectivity index (χ0) is 15.6. The van der Waals surface area contributed by atoms with Crippen molar-refractivity contribution in [3.05, 3.63) is 29.3 Å². The van der Waals surface area contributed by atoms with Crippen molar-refractivity contribution in [2.45, 2.75) is 38.8 Å². The third kappa shape index (κ3) is 3.92. The van der Waals surface area contributed by atoms with Crippen LogP contribution in [0.3, 0.4) is 0 Å². The standard InChI is InChI=1S/C16H23F2NO2/c1-16(2,20)11-5-4-6-19(9-11)10-13-14(17)7-12(21-3)8-15(13)18/h7-8,11,20H,4-6,9-10H2,1-3H3/t11-/m1/s1. The van der Waals surface area contributed by atoms with Crippen molar-refractivity contribution in [1.82, 2.24) is 4.90 Å². The summed E-state index contributed by atoms with van der Waals surface area (Å²) in [5.41, 5.74) is -0.706. The van der Waals surface area contributed by atoms with Crippen molar-refractivity contribution in [1.29, 1.82) is 0 Å². The summed E-state index contributed by atoms with van der Waals surface area (Å²) >= 11 is 0. The van der Waals surface area contributed by atoms with Crippen LogP contribution in [-0.4, -0.2) is 35.8 Å². The van der Waals surface area contributed by atoms with Crippen LogP contribution in [0.2, 0.25) is 0 Å². The molecule has 3 nitrogen and oxygen atoms in total. The number of hydrogen-bond donors (Lipinski definition) is 1. The first-order valence-corrected chi connectivity index (χ1v) is 7.28. The maximum absolute atomic E-state index is 14.0. The Labute approximate surface area is 124 Å². The lowest BCUT2D eigenvalue weighted by molar-refractivity contribution is -0.0201. The smallest absolute Gasteiger partial charge is 0.134 e. The highest BCUT2D eigenvalue weighted by Gasteiger charge is 2.31. The summed E-state index contributed by atoms with van der Waals surface area (Å²) < 4.78 is 32.8. The van der Waals surface area contributed by atoms with Gasteiger partial charge in [-0.1, -0.05) is 0 Å². The Morgan fingerprint density at radius 2 is 1.95 bits per heavy atom. The summed E-state index contributed by atoms with van der Waals surface area (Å²) in [4.78, 5) is 2.00. The SMILES string of the molecule is COc1cc(F)c(CN2CCC[C@@H](C(C)(C)O)C2)c(F)c1. The second-order valence-electron chi connectivity index (χ2n) is 6.30. The second kappa shape index (κ2) is 6.28. The maximum Gasteiger partial charge on any atom is 0.134 e. The van der Waals surface area contributed by atoms with Gasteiger partial charge in [-0.25, -0.2) is 8.78 Å². The molecule has 1 N–H and O–H groups in total. The molecule has 1 fully saturated rings. The molecule has 0 aromatic heterocycles. The van der Waals surface area contributed by atoms with E-state index in [1.165, 1.54) is 19.2 Å². The van der Waals surface area contributed by atoms with E-state index in [2.05, 4.69) is 0 Å². The predicted molar refractivity (Wildman–Crippen MR) is 77.2 cm³/mol. The highest BCUT2D eigenvalue weighted by Crippen LogP contribution is 2.29. The number of aliphatic hydroxyl groups is 1. The Balaban J connectivity index is 2.11. The highest BCUT2D eigenvalue weighted by atomic mass is 19.1. The van der Waals surface area contributed by atoms with Gasteiger partial charge < -0.3 is 9.84 Å². The van der Waals surface area contributed by atoms with Crippen molar-refractivity contribution >= 4 is 0 Å². The molecule has 0 aliphatic carbocycles. The van der Waals surface area contributed by atoms with Gasteiger partial charge in [-0.15, -0.1) is 0 Å². The Morgan fingerprint density at radius 3 is 2.48 bits per heavy atom. The van der Waals surface area contributed by atoms with E-state index in [9.17, 15) is 13.9 Å². The summed E-state index contributed by atoms with van der Waals surface area (Å²) in [6.07, 6.45) is 1.86. The number of methoxy groups -OCH3 is 1. The van der Waals surface area contributed by atoms with Gasteiger partial charge in [0.1, 0.15) is 17.4 Å².